The lowest BCUT2D eigenvalue weighted by atomic mass is 9.99. The van der Waals surface area contributed by atoms with E-state index in [0.29, 0.717) is 12.5 Å². The maximum absolute atomic E-state index is 11.9. The van der Waals surface area contributed by atoms with Crippen LogP contribution < -0.4 is 11.3 Å². The molecule has 1 heterocycles. The average molecular weight is 284 g/mol. The van der Waals surface area contributed by atoms with Crippen molar-refractivity contribution < 1.29 is 0 Å². The minimum absolute atomic E-state index is 0.00174. The predicted molar refractivity (Wildman–Crippen MR) is 87.4 cm³/mol. The van der Waals surface area contributed by atoms with Crippen LogP contribution in [0.15, 0.2) is 47.3 Å². The molecular weight excluding hydrogens is 260 g/mol. The van der Waals surface area contributed by atoms with Gasteiger partial charge in [-0.25, -0.2) is 0 Å². The van der Waals surface area contributed by atoms with Crippen LogP contribution in [0.1, 0.15) is 36.7 Å². The quantitative estimate of drug-likeness (QED) is 0.917. The lowest BCUT2D eigenvalue weighted by Gasteiger charge is -2.16. The highest BCUT2D eigenvalue weighted by molar-refractivity contribution is 5.25. The molecule has 0 spiro atoms. The third kappa shape index (κ3) is 4.05. The van der Waals surface area contributed by atoms with Crippen LogP contribution in [0.25, 0.3) is 0 Å². The summed E-state index contributed by atoms with van der Waals surface area (Å²) in [5.41, 5.74) is 9.59. The van der Waals surface area contributed by atoms with E-state index in [0.717, 1.165) is 17.7 Å². The minimum Gasteiger partial charge on any atom is -0.322 e. The van der Waals surface area contributed by atoms with Gasteiger partial charge in [-0.2, -0.15) is 0 Å². The van der Waals surface area contributed by atoms with E-state index in [2.05, 4.69) is 38.1 Å². The first-order valence-electron chi connectivity index (χ1n) is 7.48. The van der Waals surface area contributed by atoms with Crippen molar-refractivity contribution in [3.05, 3.63) is 69.6 Å². The van der Waals surface area contributed by atoms with E-state index < -0.39 is 0 Å². The van der Waals surface area contributed by atoms with Crippen molar-refractivity contribution in [3.8, 4) is 0 Å². The second-order valence-electron chi connectivity index (χ2n) is 6.06. The standard InChI is InChI=1S/C18H24N2O/c1-13(2)11-15-7-9-16(10-8-15)17(19)12-20-14(3)5-4-6-18(20)21/h4-10,13,17H,11-12,19H2,1-3H3. The second kappa shape index (κ2) is 6.72. The highest BCUT2D eigenvalue weighted by Gasteiger charge is 2.09. The van der Waals surface area contributed by atoms with Crippen LogP contribution in [0.2, 0.25) is 0 Å². The van der Waals surface area contributed by atoms with Gasteiger partial charge >= 0.3 is 0 Å². The first-order chi connectivity index (χ1) is 9.97. The predicted octanol–water partition coefficient (Wildman–Crippen LogP) is 3.06. The Morgan fingerprint density at radius 1 is 1.10 bits per heavy atom. The molecule has 0 saturated carbocycles. The SMILES string of the molecule is Cc1cccc(=O)n1CC(N)c1ccc(CC(C)C)cc1. The fourth-order valence-corrected chi connectivity index (χ4v) is 2.53. The molecule has 2 rings (SSSR count). The summed E-state index contributed by atoms with van der Waals surface area (Å²) in [7, 11) is 0. The van der Waals surface area contributed by atoms with Crippen molar-refractivity contribution in [1.82, 2.24) is 4.57 Å². The lowest BCUT2D eigenvalue weighted by Crippen LogP contribution is -2.27. The van der Waals surface area contributed by atoms with Crippen molar-refractivity contribution >= 4 is 0 Å². The van der Waals surface area contributed by atoms with E-state index in [9.17, 15) is 4.79 Å². The van der Waals surface area contributed by atoms with Crippen LogP contribution in [0.4, 0.5) is 0 Å². The summed E-state index contributed by atoms with van der Waals surface area (Å²) < 4.78 is 1.73. The Hall–Kier alpha value is -1.87. The number of hydrogen-bond donors (Lipinski definition) is 1. The minimum atomic E-state index is -0.170. The van der Waals surface area contributed by atoms with Crippen molar-refractivity contribution in [2.24, 2.45) is 11.7 Å². The van der Waals surface area contributed by atoms with Crippen LogP contribution in [0.5, 0.6) is 0 Å². The number of pyridine rings is 1. The highest BCUT2D eigenvalue weighted by Crippen LogP contribution is 2.15. The molecule has 112 valence electrons. The smallest absolute Gasteiger partial charge is 0.250 e. The maximum atomic E-state index is 11.9. The van der Waals surface area contributed by atoms with Gasteiger partial charge in [0.25, 0.3) is 5.56 Å². The zero-order valence-corrected chi connectivity index (χ0v) is 13.0. The number of aromatic nitrogens is 1. The molecule has 2 aromatic rings. The van der Waals surface area contributed by atoms with Gasteiger partial charge in [0.2, 0.25) is 0 Å². The molecule has 3 heteroatoms. The molecule has 2 N–H and O–H groups in total. The van der Waals surface area contributed by atoms with Crippen LogP contribution in [-0.2, 0) is 13.0 Å². The van der Waals surface area contributed by atoms with Gasteiger partial charge < -0.3 is 10.3 Å². The normalized spacial score (nSPS) is 12.6. The fourth-order valence-electron chi connectivity index (χ4n) is 2.53. The second-order valence-corrected chi connectivity index (χ2v) is 6.06. The summed E-state index contributed by atoms with van der Waals surface area (Å²) in [6.07, 6.45) is 1.08. The number of nitrogens with two attached hydrogens (primary N) is 1. The van der Waals surface area contributed by atoms with Crippen molar-refractivity contribution in [2.75, 3.05) is 0 Å². The summed E-state index contributed by atoms with van der Waals surface area (Å²) in [5, 5.41) is 0. The van der Waals surface area contributed by atoms with Crippen LogP contribution >= 0.6 is 0 Å². The molecule has 21 heavy (non-hydrogen) atoms. The lowest BCUT2D eigenvalue weighted by molar-refractivity contribution is 0.550. The van der Waals surface area contributed by atoms with Gasteiger partial charge in [-0.05, 0) is 36.5 Å². The van der Waals surface area contributed by atoms with E-state index in [1.54, 1.807) is 16.7 Å². The van der Waals surface area contributed by atoms with E-state index in [-0.39, 0.29) is 11.6 Å². The number of nitrogens with zero attached hydrogens (tertiary/aromatic N) is 1. The molecule has 0 amide bonds. The Balaban J connectivity index is 2.13. The molecule has 0 saturated heterocycles. The molecule has 0 aliphatic rings. The van der Waals surface area contributed by atoms with Gasteiger partial charge in [0, 0.05) is 24.3 Å². The van der Waals surface area contributed by atoms with Gasteiger partial charge in [-0.3, -0.25) is 4.79 Å². The summed E-state index contributed by atoms with van der Waals surface area (Å²) in [6, 6.07) is 13.5. The third-order valence-electron chi connectivity index (χ3n) is 3.70. The van der Waals surface area contributed by atoms with Crippen LogP contribution in [-0.4, -0.2) is 4.57 Å². The largest absolute Gasteiger partial charge is 0.322 e. The van der Waals surface area contributed by atoms with Gasteiger partial charge in [-0.15, -0.1) is 0 Å². The van der Waals surface area contributed by atoms with Gasteiger partial charge in [0.05, 0.1) is 0 Å². The molecule has 0 aliphatic carbocycles. The zero-order valence-electron chi connectivity index (χ0n) is 13.0. The molecular formula is C18H24N2O. The topological polar surface area (TPSA) is 48.0 Å². The van der Waals surface area contributed by atoms with E-state index >= 15 is 0 Å². The number of benzene rings is 1. The van der Waals surface area contributed by atoms with E-state index in [4.69, 9.17) is 5.73 Å². The Morgan fingerprint density at radius 2 is 1.76 bits per heavy atom. The Bertz CT molecular complexity index is 641. The van der Waals surface area contributed by atoms with Crippen LogP contribution in [0.3, 0.4) is 0 Å². The molecule has 1 aromatic heterocycles. The van der Waals surface area contributed by atoms with Gasteiger partial charge in [0.1, 0.15) is 0 Å². The maximum Gasteiger partial charge on any atom is 0.250 e. The first kappa shape index (κ1) is 15.5. The van der Waals surface area contributed by atoms with Crippen molar-refractivity contribution in [3.63, 3.8) is 0 Å². The summed E-state index contributed by atoms with van der Waals surface area (Å²) in [5.74, 6) is 0.648. The number of hydrogen-bond acceptors (Lipinski definition) is 2. The molecule has 0 aliphatic heterocycles. The summed E-state index contributed by atoms with van der Waals surface area (Å²) in [6.45, 7) is 6.86. The molecule has 0 fully saturated rings. The Labute approximate surface area is 126 Å². The Morgan fingerprint density at radius 3 is 2.33 bits per heavy atom. The van der Waals surface area contributed by atoms with E-state index in [1.807, 2.05) is 13.0 Å². The summed E-state index contributed by atoms with van der Waals surface area (Å²) >= 11 is 0. The molecule has 0 radical (unpaired) electrons. The van der Waals surface area contributed by atoms with Gasteiger partial charge in [-0.1, -0.05) is 44.2 Å². The average Bonchev–Trinajstić information content (AvgIpc) is 2.43. The van der Waals surface area contributed by atoms with Crippen molar-refractivity contribution in [1.29, 1.82) is 0 Å². The molecule has 1 aromatic carbocycles. The summed E-state index contributed by atoms with van der Waals surface area (Å²) in [4.78, 5) is 11.9. The van der Waals surface area contributed by atoms with Crippen LogP contribution in [0, 0.1) is 12.8 Å². The molecule has 3 nitrogen and oxygen atoms in total. The zero-order chi connectivity index (χ0) is 15.4. The number of rotatable bonds is 5. The first-order valence-corrected chi connectivity index (χ1v) is 7.48. The van der Waals surface area contributed by atoms with E-state index in [1.165, 1.54) is 5.56 Å². The van der Waals surface area contributed by atoms with Gasteiger partial charge in [0.15, 0.2) is 0 Å². The molecule has 1 atom stereocenters. The highest BCUT2D eigenvalue weighted by atomic mass is 16.1. The molecule has 1 unspecified atom stereocenters. The Kier molecular flexibility index (Phi) is 4.97. The van der Waals surface area contributed by atoms with Crippen molar-refractivity contribution in [2.45, 2.75) is 39.8 Å². The number of aryl methyl sites for hydroxylation is 1. The monoisotopic (exact) mass is 284 g/mol. The third-order valence-corrected chi connectivity index (χ3v) is 3.70. The molecule has 0 bridgehead atoms. The fraction of sp³-hybridized carbons (Fsp3) is 0.389.